The molecule has 3 rings (SSSR count). The van der Waals surface area contributed by atoms with Gasteiger partial charge in [0.1, 0.15) is 12.2 Å². The summed E-state index contributed by atoms with van der Waals surface area (Å²) < 4.78 is 3.97. The summed E-state index contributed by atoms with van der Waals surface area (Å²) >= 11 is 0. The van der Waals surface area contributed by atoms with Gasteiger partial charge in [0.15, 0.2) is 5.96 Å². The predicted octanol–water partition coefficient (Wildman–Crippen LogP) is 1.33. The van der Waals surface area contributed by atoms with Crippen LogP contribution in [0.15, 0.2) is 23.7 Å². The fraction of sp³-hybridized carbons (Fsp3) is 0.647. The van der Waals surface area contributed by atoms with Gasteiger partial charge >= 0.3 is 0 Å². The first-order valence-electron chi connectivity index (χ1n) is 8.99. The number of aliphatic imine (C=N–C) groups is 1. The number of nitrogens with one attached hydrogen (secondary N) is 1. The maximum Gasteiger partial charge on any atom is 0.193 e. The molecule has 1 unspecified atom stereocenters. The van der Waals surface area contributed by atoms with Gasteiger partial charge in [-0.1, -0.05) is 6.92 Å². The predicted molar refractivity (Wildman–Crippen MR) is 113 cm³/mol. The first-order valence-corrected chi connectivity index (χ1v) is 8.99. The second-order valence-electron chi connectivity index (χ2n) is 6.60. The summed E-state index contributed by atoms with van der Waals surface area (Å²) in [6.07, 6.45) is 9.06. The lowest BCUT2D eigenvalue weighted by molar-refractivity contribution is 0.457. The molecule has 0 radical (unpaired) electrons. The van der Waals surface area contributed by atoms with Gasteiger partial charge < -0.3 is 14.8 Å². The molecule has 1 fully saturated rings. The SMILES string of the molecule is CCc1nncn1CCNC(=NC)N1CCC(Cc2cnn(C)c2)C1.I. The quantitative estimate of drug-likeness (QED) is 0.390. The van der Waals surface area contributed by atoms with Crippen LogP contribution in [-0.2, 0) is 26.4 Å². The average molecular weight is 472 g/mol. The van der Waals surface area contributed by atoms with E-state index in [4.69, 9.17) is 0 Å². The molecule has 0 bridgehead atoms. The monoisotopic (exact) mass is 472 g/mol. The molecule has 8 nitrogen and oxygen atoms in total. The molecule has 0 amide bonds. The average Bonchev–Trinajstić information content (AvgIpc) is 3.33. The second-order valence-corrected chi connectivity index (χ2v) is 6.60. The third-order valence-corrected chi connectivity index (χ3v) is 4.73. The number of hydrogen-bond donors (Lipinski definition) is 1. The van der Waals surface area contributed by atoms with Gasteiger partial charge in [-0.3, -0.25) is 9.67 Å². The number of likely N-dealkylation sites (tertiary alicyclic amines) is 1. The zero-order valence-electron chi connectivity index (χ0n) is 15.8. The van der Waals surface area contributed by atoms with Crippen LogP contribution < -0.4 is 5.32 Å². The fourth-order valence-electron chi connectivity index (χ4n) is 3.46. The molecule has 1 aliphatic heterocycles. The van der Waals surface area contributed by atoms with Crippen LogP contribution in [0.2, 0.25) is 0 Å². The highest BCUT2D eigenvalue weighted by Gasteiger charge is 2.25. The molecule has 0 aromatic carbocycles. The molecule has 2 aromatic heterocycles. The maximum absolute atomic E-state index is 4.45. The minimum absolute atomic E-state index is 0. The highest BCUT2D eigenvalue weighted by Crippen LogP contribution is 2.20. The molecule has 0 spiro atoms. The molecule has 144 valence electrons. The molecule has 1 saturated heterocycles. The molecule has 9 heteroatoms. The fourth-order valence-corrected chi connectivity index (χ4v) is 3.46. The van der Waals surface area contributed by atoms with Crippen molar-refractivity contribution >= 4 is 29.9 Å². The van der Waals surface area contributed by atoms with Gasteiger partial charge in [-0.15, -0.1) is 34.2 Å². The van der Waals surface area contributed by atoms with Crippen molar-refractivity contribution in [3.05, 3.63) is 30.1 Å². The highest BCUT2D eigenvalue weighted by atomic mass is 127. The Morgan fingerprint density at radius 1 is 1.42 bits per heavy atom. The molecular formula is C17H29IN8. The van der Waals surface area contributed by atoms with Crippen LogP contribution in [0.5, 0.6) is 0 Å². The molecule has 1 atom stereocenters. The van der Waals surface area contributed by atoms with Crippen LogP contribution in [-0.4, -0.2) is 62.1 Å². The van der Waals surface area contributed by atoms with Crippen LogP contribution in [0.1, 0.15) is 24.7 Å². The van der Waals surface area contributed by atoms with Crippen molar-refractivity contribution in [1.82, 2.24) is 34.8 Å². The van der Waals surface area contributed by atoms with E-state index in [0.29, 0.717) is 5.92 Å². The van der Waals surface area contributed by atoms with Gasteiger partial charge in [0.25, 0.3) is 0 Å². The van der Waals surface area contributed by atoms with Crippen LogP contribution >= 0.6 is 24.0 Å². The van der Waals surface area contributed by atoms with E-state index in [2.05, 4.69) is 48.2 Å². The zero-order valence-corrected chi connectivity index (χ0v) is 18.1. The van der Waals surface area contributed by atoms with E-state index in [0.717, 1.165) is 50.8 Å². The minimum Gasteiger partial charge on any atom is -0.354 e. The summed E-state index contributed by atoms with van der Waals surface area (Å²) in [6.45, 7) is 5.86. The van der Waals surface area contributed by atoms with E-state index in [1.807, 2.05) is 25.0 Å². The second kappa shape index (κ2) is 9.89. The van der Waals surface area contributed by atoms with Gasteiger partial charge in [0.2, 0.25) is 0 Å². The smallest absolute Gasteiger partial charge is 0.193 e. The molecule has 0 aliphatic carbocycles. The molecule has 3 heterocycles. The number of aromatic nitrogens is 5. The van der Waals surface area contributed by atoms with E-state index >= 15 is 0 Å². The number of aryl methyl sites for hydroxylation is 2. The summed E-state index contributed by atoms with van der Waals surface area (Å²) in [4.78, 5) is 6.81. The van der Waals surface area contributed by atoms with Crippen molar-refractivity contribution < 1.29 is 0 Å². The summed E-state index contributed by atoms with van der Waals surface area (Å²) in [7, 11) is 3.82. The highest BCUT2D eigenvalue weighted by molar-refractivity contribution is 14.0. The standard InChI is InChI=1S/C17H28N8.HI/c1-4-16-22-20-13-25(16)8-6-19-17(18-2)24-7-5-14(12-24)9-15-10-21-23(3)11-15;/h10-11,13-14H,4-9,12H2,1-3H3,(H,18,19);1H. The Bertz CT molecular complexity index is 707. The molecule has 2 aromatic rings. The minimum atomic E-state index is 0. The maximum atomic E-state index is 4.45. The Morgan fingerprint density at radius 3 is 2.96 bits per heavy atom. The van der Waals surface area contributed by atoms with Crippen LogP contribution in [0.3, 0.4) is 0 Å². The number of nitrogens with zero attached hydrogens (tertiary/aromatic N) is 7. The van der Waals surface area contributed by atoms with Crippen molar-refractivity contribution in [1.29, 1.82) is 0 Å². The Kier molecular flexibility index (Phi) is 7.85. The van der Waals surface area contributed by atoms with Gasteiger partial charge in [-0.25, -0.2) is 0 Å². The lowest BCUT2D eigenvalue weighted by Gasteiger charge is -2.22. The molecular weight excluding hydrogens is 443 g/mol. The molecule has 26 heavy (non-hydrogen) atoms. The van der Waals surface area contributed by atoms with E-state index in [1.54, 1.807) is 6.33 Å². The van der Waals surface area contributed by atoms with Gasteiger partial charge in [-0.2, -0.15) is 5.10 Å². The van der Waals surface area contributed by atoms with Crippen molar-refractivity contribution in [2.24, 2.45) is 18.0 Å². The summed E-state index contributed by atoms with van der Waals surface area (Å²) in [5.41, 5.74) is 1.32. The third kappa shape index (κ3) is 5.18. The first-order chi connectivity index (χ1) is 12.2. The Hall–Kier alpha value is -1.65. The van der Waals surface area contributed by atoms with Crippen LogP contribution in [0, 0.1) is 5.92 Å². The van der Waals surface area contributed by atoms with Crippen LogP contribution in [0.4, 0.5) is 0 Å². The van der Waals surface area contributed by atoms with Crippen molar-refractivity contribution in [2.45, 2.75) is 32.7 Å². The topological polar surface area (TPSA) is 76.2 Å². The third-order valence-electron chi connectivity index (χ3n) is 4.73. The molecule has 0 saturated carbocycles. The Balaban J connectivity index is 0.00000243. The van der Waals surface area contributed by atoms with Gasteiger partial charge in [-0.05, 0) is 24.3 Å². The Labute approximate surface area is 172 Å². The van der Waals surface area contributed by atoms with Gasteiger partial charge in [0.05, 0.1) is 6.20 Å². The van der Waals surface area contributed by atoms with Crippen molar-refractivity contribution in [3.63, 3.8) is 0 Å². The summed E-state index contributed by atoms with van der Waals surface area (Å²) in [6, 6.07) is 0. The number of rotatable bonds is 6. The first kappa shape index (κ1) is 20.7. The lowest BCUT2D eigenvalue weighted by Crippen LogP contribution is -2.41. The molecule has 1 aliphatic rings. The normalized spacial score (nSPS) is 17.4. The molecule has 1 N–H and O–H groups in total. The largest absolute Gasteiger partial charge is 0.354 e. The zero-order chi connectivity index (χ0) is 17.6. The van der Waals surface area contributed by atoms with E-state index in [1.165, 1.54) is 12.0 Å². The van der Waals surface area contributed by atoms with E-state index < -0.39 is 0 Å². The summed E-state index contributed by atoms with van der Waals surface area (Å²) in [5, 5.41) is 15.8. The number of guanidine groups is 1. The van der Waals surface area contributed by atoms with Gasteiger partial charge in [0, 0.05) is 52.9 Å². The van der Waals surface area contributed by atoms with E-state index in [9.17, 15) is 0 Å². The number of halogens is 1. The van der Waals surface area contributed by atoms with Crippen molar-refractivity contribution in [3.8, 4) is 0 Å². The van der Waals surface area contributed by atoms with E-state index in [-0.39, 0.29) is 24.0 Å². The lowest BCUT2D eigenvalue weighted by atomic mass is 10.0. The number of hydrogen-bond acceptors (Lipinski definition) is 4. The Morgan fingerprint density at radius 2 is 2.27 bits per heavy atom. The summed E-state index contributed by atoms with van der Waals surface area (Å²) in [5.74, 6) is 2.67. The van der Waals surface area contributed by atoms with Crippen LogP contribution in [0.25, 0.3) is 0 Å². The van der Waals surface area contributed by atoms with Crippen molar-refractivity contribution in [2.75, 3.05) is 26.7 Å².